The summed E-state index contributed by atoms with van der Waals surface area (Å²) in [4.78, 5) is 0.575. The fraction of sp³-hybridized carbons (Fsp3) is 0. The molecule has 0 bridgehead atoms. The van der Waals surface area contributed by atoms with Gasteiger partial charge < -0.3 is 10.9 Å². The minimum atomic E-state index is 0.445. The van der Waals surface area contributed by atoms with Crippen molar-refractivity contribution in [2.24, 2.45) is 0 Å². The highest BCUT2D eigenvalue weighted by atomic mass is 16.5. The Balaban J connectivity index is 2.63. The molecular formula is C9H7N5O. The van der Waals surface area contributed by atoms with E-state index >= 15 is 0 Å². The number of benzene rings is 1. The van der Waals surface area contributed by atoms with Crippen LogP contribution in [0.3, 0.4) is 0 Å². The van der Waals surface area contributed by atoms with Crippen LogP contribution in [0.4, 0.5) is 5.69 Å². The number of anilines is 1. The van der Waals surface area contributed by atoms with Crippen LogP contribution in [0.5, 0.6) is 0 Å². The normalized spacial score (nSPS) is 11.2. The fourth-order valence-electron chi connectivity index (χ4n) is 1.58. The number of rotatable bonds is 0. The maximum Gasteiger partial charge on any atom is 0.270 e. The summed E-state index contributed by atoms with van der Waals surface area (Å²) in [7, 11) is 0. The van der Waals surface area contributed by atoms with Crippen molar-refractivity contribution >= 4 is 22.4 Å². The van der Waals surface area contributed by atoms with Crippen LogP contribution in [-0.4, -0.2) is 14.7 Å². The van der Waals surface area contributed by atoms with Gasteiger partial charge in [-0.3, -0.25) is 0 Å². The maximum atomic E-state index is 11.5. The largest absolute Gasteiger partial charge is 0.594 e. The van der Waals surface area contributed by atoms with E-state index in [2.05, 4.69) is 10.2 Å². The molecule has 2 aromatic heterocycles. The second-order valence-corrected chi connectivity index (χ2v) is 3.22. The van der Waals surface area contributed by atoms with Gasteiger partial charge in [-0.05, 0) is 17.0 Å². The van der Waals surface area contributed by atoms with E-state index in [0.717, 1.165) is 0 Å². The Labute approximate surface area is 84.1 Å². The summed E-state index contributed by atoms with van der Waals surface area (Å²) in [6.07, 6.45) is 1.59. The Morgan fingerprint density at radius 2 is 2.20 bits per heavy atom. The van der Waals surface area contributed by atoms with Crippen LogP contribution in [0.25, 0.3) is 16.7 Å². The minimum absolute atomic E-state index is 0.445. The van der Waals surface area contributed by atoms with Crippen LogP contribution in [0.2, 0.25) is 0 Å². The topological polar surface area (TPSA) is 83.2 Å². The van der Waals surface area contributed by atoms with Crippen molar-refractivity contribution in [3.63, 3.8) is 0 Å². The van der Waals surface area contributed by atoms with Crippen LogP contribution >= 0.6 is 0 Å². The highest BCUT2D eigenvalue weighted by molar-refractivity contribution is 5.77. The van der Waals surface area contributed by atoms with E-state index in [-0.39, 0.29) is 0 Å². The third-order valence-electron chi connectivity index (χ3n) is 2.25. The van der Waals surface area contributed by atoms with Gasteiger partial charge in [0.2, 0.25) is 5.65 Å². The van der Waals surface area contributed by atoms with E-state index in [9.17, 15) is 5.21 Å². The second-order valence-electron chi connectivity index (χ2n) is 3.22. The molecule has 0 saturated carbocycles. The molecule has 2 heterocycles. The Bertz CT molecular complexity index is 660. The summed E-state index contributed by atoms with van der Waals surface area (Å²) in [6, 6.07) is 6.65. The predicted octanol–water partition coefficient (Wildman–Crippen LogP) is 0.0981. The molecule has 2 N–H and O–H groups in total. The van der Waals surface area contributed by atoms with Gasteiger partial charge in [-0.1, -0.05) is 0 Å². The first-order valence-electron chi connectivity index (χ1n) is 4.38. The summed E-state index contributed by atoms with van der Waals surface area (Å²) in [6.45, 7) is 0. The Morgan fingerprint density at radius 1 is 1.33 bits per heavy atom. The van der Waals surface area contributed by atoms with Crippen molar-refractivity contribution in [2.45, 2.75) is 0 Å². The van der Waals surface area contributed by atoms with Gasteiger partial charge in [-0.2, -0.15) is 5.10 Å². The molecular weight excluding hydrogens is 194 g/mol. The molecule has 0 unspecified atom stereocenters. The van der Waals surface area contributed by atoms with Crippen LogP contribution in [0, 0.1) is 5.21 Å². The number of hydrogen-bond donors (Lipinski definition) is 1. The quantitative estimate of drug-likeness (QED) is 0.317. The zero-order valence-electron chi connectivity index (χ0n) is 7.66. The highest BCUT2D eigenvalue weighted by Gasteiger charge is 2.11. The highest BCUT2D eigenvalue weighted by Crippen LogP contribution is 2.14. The molecule has 0 spiro atoms. The molecule has 1 aromatic carbocycles. The van der Waals surface area contributed by atoms with Crippen molar-refractivity contribution < 1.29 is 4.85 Å². The lowest BCUT2D eigenvalue weighted by Gasteiger charge is -2.01. The molecule has 3 aromatic rings. The maximum absolute atomic E-state index is 11.5. The lowest BCUT2D eigenvalue weighted by molar-refractivity contribution is -0.640. The van der Waals surface area contributed by atoms with E-state index in [4.69, 9.17) is 5.73 Å². The molecule has 0 radical (unpaired) electrons. The van der Waals surface area contributed by atoms with Gasteiger partial charge in [-0.15, -0.1) is 0 Å². The lowest BCUT2D eigenvalue weighted by Crippen LogP contribution is -2.33. The van der Waals surface area contributed by atoms with Gasteiger partial charge in [-0.25, -0.2) is 4.52 Å². The van der Waals surface area contributed by atoms with Crippen LogP contribution < -0.4 is 10.6 Å². The Hall–Kier alpha value is -2.37. The van der Waals surface area contributed by atoms with Gasteiger partial charge in [0, 0.05) is 22.9 Å². The summed E-state index contributed by atoms with van der Waals surface area (Å²) in [5, 5.41) is 19.4. The van der Waals surface area contributed by atoms with Crippen molar-refractivity contribution in [3.05, 3.63) is 35.7 Å². The number of fused-ring (bicyclic) bond motifs is 3. The number of aromatic nitrogens is 4. The molecule has 0 atom stereocenters. The Kier molecular flexibility index (Phi) is 1.37. The molecule has 3 rings (SSSR count). The van der Waals surface area contributed by atoms with E-state index in [1.807, 2.05) is 0 Å². The smallest absolute Gasteiger partial charge is 0.270 e. The number of nitrogens with two attached hydrogens (primary N) is 1. The molecule has 6 heteroatoms. The van der Waals surface area contributed by atoms with Crippen LogP contribution in [0.15, 0.2) is 30.5 Å². The third kappa shape index (κ3) is 1.01. The molecule has 0 aliphatic rings. The number of nitrogens with zero attached hydrogens (tertiary/aromatic N) is 4. The first kappa shape index (κ1) is 7.98. The van der Waals surface area contributed by atoms with Crippen molar-refractivity contribution in [3.8, 4) is 0 Å². The summed E-state index contributed by atoms with van der Waals surface area (Å²) in [5.74, 6) is 0. The molecule has 6 nitrogen and oxygen atoms in total. The molecule has 0 aliphatic carbocycles. The lowest BCUT2D eigenvalue weighted by atomic mass is 10.3. The predicted molar refractivity (Wildman–Crippen MR) is 53.9 cm³/mol. The van der Waals surface area contributed by atoms with Crippen molar-refractivity contribution in [1.29, 1.82) is 0 Å². The molecule has 0 aliphatic heterocycles. The summed E-state index contributed by atoms with van der Waals surface area (Å²) < 4.78 is 1.58. The zero-order chi connectivity index (χ0) is 10.4. The van der Waals surface area contributed by atoms with Crippen molar-refractivity contribution in [1.82, 2.24) is 14.7 Å². The molecule has 0 saturated heterocycles. The average molecular weight is 201 g/mol. The SMILES string of the molecule is Nc1ccc2c(c1)n1nccc1n[n+]2[O-]. The van der Waals surface area contributed by atoms with Crippen LogP contribution in [0.1, 0.15) is 0 Å². The number of nitrogen functional groups attached to an aromatic ring is 1. The van der Waals surface area contributed by atoms with Gasteiger partial charge in [0.15, 0.2) is 0 Å². The van der Waals surface area contributed by atoms with Gasteiger partial charge in [0.05, 0.1) is 6.20 Å². The second kappa shape index (κ2) is 2.57. The molecule has 0 fully saturated rings. The van der Waals surface area contributed by atoms with Gasteiger partial charge in [0.1, 0.15) is 5.52 Å². The third-order valence-corrected chi connectivity index (χ3v) is 2.25. The standard InChI is InChI=1S/C9H7N5O/c10-6-1-2-7-8(5-6)13-9(3-4-11-13)12-14(7)15/h1-5H,10H2. The van der Waals surface area contributed by atoms with Gasteiger partial charge in [0.25, 0.3) is 5.52 Å². The average Bonchev–Trinajstić information content (AvgIpc) is 2.65. The molecule has 0 amide bonds. The molecule has 15 heavy (non-hydrogen) atoms. The van der Waals surface area contributed by atoms with Crippen molar-refractivity contribution in [2.75, 3.05) is 5.73 Å². The first-order chi connectivity index (χ1) is 7.25. The zero-order valence-corrected chi connectivity index (χ0v) is 7.66. The Morgan fingerprint density at radius 3 is 3.07 bits per heavy atom. The first-order valence-corrected chi connectivity index (χ1v) is 4.38. The van der Waals surface area contributed by atoms with E-state index < -0.39 is 0 Å². The fourth-order valence-corrected chi connectivity index (χ4v) is 1.58. The van der Waals surface area contributed by atoms with Crippen LogP contribution in [-0.2, 0) is 0 Å². The van der Waals surface area contributed by atoms with Gasteiger partial charge >= 0.3 is 0 Å². The van der Waals surface area contributed by atoms with E-state index in [0.29, 0.717) is 27.2 Å². The van der Waals surface area contributed by atoms with E-state index in [1.165, 1.54) is 0 Å². The van der Waals surface area contributed by atoms with E-state index in [1.54, 1.807) is 35.0 Å². The minimum Gasteiger partial charge on any atom is -0.594 e. The monoisotopic (exact) mass is 201 g/mol. The summed E-state index contributed by atoms with van der Waals surface area (Å²) >= 11 is 0. The molecule has 74 valence electrons. The summed E-state index contributed by atoms with van der Waals surface area (Å²) in [5.41, 5.74) is 7.85. The number of hydrogen-bond acceptors (Lipinski definition) is 4.